The van der Waals surface area contributed by atoms with E-state index in [-0.39, 0.29) is 5.56 Å². The number of carbonyl (C=O) groups excluding carboxylic acids is 1. The average molecular weight is 458 g/mol. The van der Waals surface area contributed by atoms with E-state index in [0.717, 1.165) is 24.3 Å². The number of aromatic nitrogens is 3. The molecule has 0 saturated heterocycles. The first-order valence-corrected chi connectivity index (χ1v) is 9.11. The van der Waals surface area contributed by atoms with Crippen LogP contribution in [0.3, 0.4) is 0 Å². The highest BCUT2D eigenvalue weighted by atomic mass is 35.5. The van der Waals surface area contributed by atoms with Gasteiger partial charge in [-0.05, 0) is 43.3 Å². The number of alkyl halides is 3. The van der Waals surface area contributed by atoms with Gasteiger partial charge in [-0.1, -0.05) is 23.2 Å². The summed E-state index contributed by atoms with van der Waals surface area (Å²) in [5.74, 6) is -1.12. The van der Waals surface area contributed by atoms with Crippen molar-refractivity contribution in [2.75, 3.05) is 0 Å². The Morgan fingerprint density at radius 2 is 1.70 bits per heavy atom. The lowest BCUT2D eigenvalue weighted by atomic mass is 10.1. The Labute approximate surface area is 177 Å². The molecule has 0 spiro atoms. The minimum atomic E-state index is -4.83. The van der Waals surface area contributed by atoms with Gasteiger partial charge in [0, 0.05) is 5.56 Å². The summed E-state index contributed by atoms with van der Waals surface area (Å²) in [4.78, 5) is 13.7. The summed E-state index contributed by atoms with van der Waals surface area (Å²) in [6, 6.07) is 7.62. The van der Waals surface area contributed by atoms with Crippen LogP contribution in [0.15, 0.2) is 36.4 Å². The number of ether oxygens (including phenoxy) is 1. The number of fused-ring (bicyclic) bond motifs is 1. The molecule has 7 nitrogen and oxygen atoms in total. The van der Waals surface area contributed by atoms with Gasteiger partial charge >= 0.3 is 6.36 Å². The fourth-order valence-electron chi connectivity index (χ4n) is 2.54. The molecule has 1 amide bonds. The van der Waals surface area contributed by atoms with E-state index in [1.807, 2.05) is 6.07 Å². The van der Waals surface area contributed by atoms with Crippen LogP contribution in [0.1, 0.15) is 23.3 Å². The van der Waals surface area contributed by atoms with Crippen LogP contribution in [0.2, 0.25) is 10.0 Å². The second-order valence-electron chi connectivity index (χ2n) is 6.17. The second-order valence-corrected chi connectivity index (χ2v) is 6.98. The summed E-state index contributed by atoms with van der Waals surface area (Å²) in [7, 11) is 0. The summed E-state index contributed by atoms with van der Waals surface area (Å²) in [5.41, 5.74) is 0.966. The zero-order valence-corrected chi connectivity index (χ0v) is 16.6. The molecule has 1 N–H and O–H groups in total. The first kappa shape index (κ1) is 21.7. The number of hydrogen-bond acceptors (Lipinski definition) is 5. The van der Waals surface area contributed by atoms with Gasteiger partial charge in [-0.25, -0.2) is 0 Å². The van der Waals surface area contributed by atoms with Crippen molar-refractivity contribution in [2.45, 2.75) is 25.4 Å². The summed E-state index contributed by atoms with van der Waals surface area (Å²) in [5, 5.41) is 21.1. The van der Waals surface area contributed by atoms with E-state index in [4.69, 9.17) is 23.2 Å². The molecule has 0 saturated carbocycles. The van der Waals surface area contributed by atoms with E-state index in [1.165, 1.54) is 16.9 Å². The van der Waals surface area contributed by atoms with Crippen LogP contribution in [0.5, 0.6) is 5.75 Å². The van der Waals surface area contributed by atoms with Crippen LogP contribution in [-0.2, 0) is 0 Å². The quantitative estimate of drug-likeness (QED) is 0.607. The molecular weight excluding hydrogens is 446 g/mol. The molecule has 12 heteroatoms. The molecule has 3 aromatic rings. The number of rotatable bonds is 5. The topological polar surface area (TPSA) is 92.8 Å². The number of nitrogens with one attached hydrogen (secondary N) is 1. The van der Waals surface area contributed by atoms with Gasteiger partial charge in [0.1, 0.15) is 28.9 Å². The van der Waals surface area contributed by atoms with Gasteiger partial charge in [0.25, 0.3) is 5.91 Å². The van der Waals surface area contributed by atoms with Gasteiger partial charge in [-0.15, -0.1) is 13.2 Å². The minimum Gasteiger partial charge on any atom is -0.406 e. The zero-order valence-electron chi connectivity index (χ0n) is 15.1. The van der Waals surface area contributed by atoms with Crippen molar-refractivity contribution in [3.8, 4) is 11.8 Å². The fraction of sp³-hybridized carbons (Fsp3) is 0.222. The lowest BCUT2D eigenvalue weighted by Crippen LogP contribution is -2.40. The van der Waals surface area contributed by atoms with Crippen molar-refractivity contribution < 1.29 is 22.7 Å². The highest BCUT2D eigenvalue weighted by molar-refractivity contribution is 6.42. The second kappa shape index (κ2) is 8.38. The first-order valence-electron chi connectivity index (χ1n) is 8.35. The van der Waals surface area contributed by atoms with E-state index in [0.29, 0.717) is 21.1 Å². The molecule has 2 aromatic carbocycles. The lowest BCUT2D eigenvalue weighted by molar-refractivity contribution is -0.274. The van der Waals surface area contributed by atoms with E-state index in [2.05, 4.69) is 20.3 Å². The normalized spacial score (nSPS) is 13.5. The molecule has 1 heterocycles. The van der Waals surface area contributed by atoms with Gasteiger partial charge in [0.15, 0.2) is 0 Å². The van der Waals surface area contributed by atoms with Crippen LogP contribution < -0.4 is 10.1 Å². The Bertz CT molecular complexity index is 1090. The molecule has 0 bridgehead atoms. The third-order valence-corrected chi connectivity index (χ3v) is 4.78. The number of carbonyl (C=O) groups is 1. The molecule has 30 heavy (non-hydrogen) atoms. The minimum absolute atomic E-state index is 0.0501. The third kappa shape index (κ3) is 4.93. The predicted molar refractivity (Wildman–Crippen MR) is 102 cm³/mol. The van der Waals surface area contributed by atoms with Gasteiger partial charge in [0.05, 0.1) is 16.1 Å². The standard InChI is InChI=1S/C18H12Cl2F3N5O2/c1-9(28-26-14-6-12(19)13(20)7-15(14)27-28)16(8-24)25-17(29)10-2-4-11(5-3-10)30-18(21,22)23/h2-7,9,16H,1H3,(H,25,29)/t9-,16?/m0/s1. The summed E-state index contributed by atoms with van der Waals surface area (Å²) in [6.45, 7) is 1.62. The van der Waals surface area contributed by atoms with Crippen LogP contribution in [-0.4, -0.2) is 33.3 Å². The Morgan fingerprint density at radius 3 is 2.17 bits per heavy atom. The Balaban J connectivity index is 1.74. The van der Waals surface area contributed by atoms with E-state index in [9.17, 15) is 23.2 Å². The summed E-state index contributed by atoms with van der Waals surface area (Å²) in [6.07, 6.45) is -4.83. The van der Waals surface area contributed by atoms with Gasteiger partial charge in [-0.2, -0.15) is 20.3 Å². The van der Waals surface area contributed by atoms with Crippen molar-refractivity contribution >= 4 is 40.1 Å². The third-order valence-electron chi connectivity index (χ3n) is 4.06. The van der Waals surface area contributed by atoms with Crippen LogP contribution in [0, 0.1) is 11.3 Å². The molecule has 2 atom stereocenters. The summed E-state index contributed by atoms with van der Waals surface area (Å²) >= 11 is 11.9. The van der Waals surface area contributed by atoms with Crippen molar-refractivity contribution in [2.24, 2.45) is 0 Å². The molecule has 0 fully saturated rings. The number of hydrogen-bond donors (Lipinski definition) is 1. The highest BCUT2D eigenvalue weighted by Crippen LogP contribution is 2.27. The van der Waals surface area contributed by atoms with Gasteiger partial charge in [0.2, 0.25) is 0 Å². The fourth-order valence-corrected chi connectivity index (χ4v) is 2.85. The largest absolute Gasteiger partial charge is 0.573 e. The molecule has 0 aliphatic carbocycles. The van der Waals surface area contributed by atoms with Crippen molar-refractivity contribution in [3.05, 3.63) is 52.0 Å². The Kier molecular flexibility index (Phi) is 6.05. The maximum Gasteiger partial charge on any atom is 0.573 e. The van der Waals surface area contributed by atoms with Crippen molar-refractivity contribution in [3.63, 3.8) is 0 Å². The maximum atomic E-state index is 12.4. The number of amides is 1. The van der Waals surface area contributed by atoms with E-state index < -0.39 is 30.1 Å². The molecule has 1 aromatic heterocycles. The highest BCUT2D eigenvalue weighted by Gasteiger charge is 2.31. The number of benzene rings is 2. The monoisotopic (exact) mass is 457 g/mol. The van der Waals surface area contributed by atoms with E-state index >= 15 is 0 Å². The zero-order chi connectivity index (χ0) is 22.1. The molecule has 156 valence electrons. The molecule has 0 aliphatic heterocycles. The van der Waals surface area contributed by atoms with E-state index in [1.54, 1.807) is 6.92 Å². The van der Waals surface area contributed by atoms with Crippen LogP contribution in [0.25, 0.3) is 11.0 Å². The Morgan fingerprint density at radius 1 is 1.17 bits per heavy atom. The number of nitrogens with zero attached hydrogens (tertiary/aromatic N) is 4. The molecule has 0 radical (unpaired) electrons. The average Bonchev–Trinajstić information content (AvgIpc) is 3.07. The van der Waals surface area contributed by atoms with Gasteiger partial charge < -0.3 is 10.1 Å². The van der Waals surface area contributed by atoms with Gasteiger partial charge in [-0.3, -0.25) is 4.79 Å². The predicted octanol–water partition coefficient (Wildman–Crippen LogP) is 4.52. The van der Waals surface area contributed by atoms with Crippen molar-refractivity contribution in [1.82, 2.24) is 20.3 Å². The smallest absolute Gasteiger partial charge is 0.406 e. The number of nitriles is 1. The molecule has 1 unspecified atom stereocenters. The maximum absolute atomic E-state index is 12.4. The first-order chi connectivity index (χ1) is 14.1. The molecule has 3 rings (SSSR count). The molecule has 0 aliphatic rings. The Hall–Kier alpha value is -3.03. The van der Waals surface area contributed by atoms with Crippen LogP contribution >= 0.6 is 23.2 Å². The summed E-state index contributed by atoms with van der Waals surface area (Å²) < 4.78 is 40.4. The molecular formula is C18H12Cl2F3N5O2. The lowest BCUT2D eigenvalue weighted by Gasteiger charge is -2.18. The van der Waals surface area contributed by atoms with Crippen molar-refractivity contribution in [1.29, 1.82) is 5.26 Å². The number of halogens is 5. The van der Waals surface area contributed by atoms with Crippen LogP contribution in [0.4, 0.5) is 13.2 Å². The SMILES string of the molecule is C[C@@H](C(C#N)NC(=O)c1ccc(OC(F)(F)F)cc1)n1nc2cc(Cl)c(Cl)cc2n1.